The Kier molecular flexibility index (Phi) is 6.64. The second-order valence-electron chi connectivity index (χ2n) is 7.18. The number of sulfone groups is 1. The van der Waals surface area contributed by atoms with Gasteiger partial charge in [-0.15, -0.1) is 0 Å². The van der Waals surface area contributed by atoms with Crippen LogP contribution >= 0.6 is 0 Å². The molecule has 0 unspecified atom stereocenters. The topological polar surface area (TPSA) is 121 Å². The fourth-order valence-electron chi connectivity index (χ4n) is 3.18. The molecule has 1 aliphatic heterocycles. The molecule has 0 saturated heterocycles. The van der Waals surface area contributed by atoms with Crippen molar-refractivity contribution >= 4 is 27.4 Å². The van der Waals surface area contributed by atoms with Gasteiger partial charge in [0, 0.05) is 23.7 Å². The third-order valence-corrected chi connectivity index (χ3v) is 6.43. The van der Waals surface area contributed by atoms with Crippen LogP contribution in [0.3, 0.4) is 0 Å². The number of nitrogens with one attached hydrogen (secondary N) is 1. The minimum Gasteiger partial charge on any atom is -0.490 e. The zero-order valence-electron chi connectivity index (χ0n) is 17.5. The highest BCUT2D eigenvalue weighted by Crippen LogP contribution is 2.32. The zero-order chi connectivity index (χ0) is 23.3. The van der Waals surface area contributed by atoms with Gasteiger partial charge in [0.2, 0.25) is 5.76 Å². The Hall–Kier alpha value is -3.79. The van der Waals surface area contributed by atoms with Crippen LogP contribution < -0.4 is 14.8 Å². The summed E-state index contributed by atoms with van der Waals surface area (Å²) in [5.74, 6) is -1.12. The van der Waals surface area contributed by atoms with E-state index in [9.17, 15) is 18.0 Å². The molecule has 172 valence electrons. The van der Waals surface area contributed by atoms with Crippen molar-refractivity contribution in [1.82, 2.24) is 0 Å². The van der Waals surface area contributed by atoms with Crippen LogP contribution in [-0.2, 0) is 25.1 Å². The predicted molar refractivity (Wildman–Crippen MR) is 117 cm³/mol. The molecule has 0 spiro atoms. The van der Waals surface area contributed by atoms with E-state index in [2.05, 4.69) is 5.32 Å². The lowest BCUT2D eigenvalue weighted by Gasteiger charge is -2.10. The molecule has 2 heterocycles. The molecule has 0 bridgehead atoms. The Balaban J connectivity index is 1.36. The van der Waals surface area contributed by atoms with E-state index in [0.717, 1.165) is 6.42 Å². The Labute approximate surface area is 190 Å². The summed E-state index contributed by atoms with van der Waals surface area (Å²) in [6.07, 6.45) is 1.96. The molecule has 1 amide bonds. The highest BCUT2D eigenvalue weighted by Gasteiger charge is 2.24. The first-order valence-corrected chi connectivity index (χ1v) is 11.8. The molecule has 0 saturated carbocycles. The first-order chi connectivity index (χ1) is 15.9. The average Bonchev–Trinajstić information content (AvgIpc) is 3.13. The third-order valence-electron chi connectivity index (χ3n) is 4.75. The van der Waals surface area contributed by atoms with Gasteiger partial charge in [-0.2, -0.15) is 0 Å². The fraction of sp³-hybridized carbons (Fsp3) is 0.217. The number of hydrogen-bond acceptors (Lipinski definition) is 8. The highest BCUT2D eigenvalue weighted by atomic mass is 32.2. The van der Waals surface area contributed by atoms with Crippen LogP contribution in [0.1, 0.15) is 22.5 Å². The quantitative estimate of drug-likeness (QED) is 0.522. The summed E-state index contributed by atoms with van der Waals surface area (Å²) in [4.78, 5) is 24.8. The van der Waals surface area contributed by atoms with Crippen molar-refractivity contribution in [1.29, 1.82) is 0 Å². The van der Waals surface area contributed by atoms with E-state index in [4.69, 9.17) is 18.6 Å². The molecule has 0 radical (unpaired) electrons. The van der Waals surface area contributed by atoms with Crippen molar-refractivity contribution in [2.45, 2.75) is 17.1 Å². The standard InChI is InChI=1S/C23H21NO8S/c25-21(24-17-7-8-19-20(13-17)30-11-4-10-29-19)14-32-23(26)22-16(9-12-31-22)15-33(27,28)18-5-2-1-3-6-18/h1-3,5-9,12-13H,4,10-11,14-15H2,(H,24,25). The zero-order valence-corrected chi connectivity index (χ0v) is 18.3. The van der Waals surface area contributed by atoms with E-state index >= 15 is 0 Å². The van der Waals surface area contributed by atoms with Crippen LogP contribution in [0.15, 0.2) is 70.2 Å². The summed E-state index contributed by atoms with van der Waals surface area (Å²) in [6, 6.07) is 14.2. The molecule has 1 N–H and O–H groups in total. The van der Waals surface area contributed by atoms with E-state index in [1.54, 1.807) is 36.4 Å². The van der Waals surface area contributed by atoms with Gasteiger partial charge in [0.1, 0.15) is 0 Å². The third kappa shape index (κ3) is 5.53. The van der Waals surface area contributed by atoms with Gasteiger partial charge in [-0.3, -0.25) is 4.79 Å². The van der Waals surface area contributed by atoms with Gasteiger partial charge in [0.25, 0.3) is 5.91 Å². The van der Waals surface area contributed by atoms with E-state index in [-0.39, 0.29) is 16.2 Å². The first kappa shape index (κ1) is 22.4. The summed E-state index contributed by atoms with van der Waals surface area (Å²) in [7, 11) is -3.69. The molecular weight excluding hydrogens is 450 g/mol. The fourth-order valence-corrected chi connectivity index (χ4v) is 4.55. The maximum atomic E-state index is 12.6. The molecule has 0 aliphatic carbocycles. The van der Waals surface area contributed by atoms with E-state index < -0.39 is 34.1 Å². The molecule has 4 rings (SSSR count). The summed E-state index contributed by atoms with van der Waals surface area (Å²) >= 11 is 0. The van der Waals surface area contributed by atoms with E-state index in [1.807, 2.05) is 0 Å². The van der Waals surface area contributed by atoms with Gasteiger partial charge >= 0.3 is 5.97 Å². The van der Waals surface area contributed by atoms with Crippen molar-refractivity contribution in [3.05, 3.63) is 72.2 Å². The molecule has 1 aliphatic rings. The van der Waals surface area contributed by atoms with Gasteiger partial charge < -0.3 is 23.9 Å². The minimum atomic E-state index is -3.69. The summed E-state index contributed by atoms with van der Waals surface area (Å²) in [6.45, 7) is 0.475. The van der Waals surface area contributed by atoms with Crippen LogP contribution in [-0.4, -0.2) is 40.1 Å². The summed E-state index contributed by atoms with van der Waals surface area (Å²) in [5.41, 5.74) is 0.597. The lowest BCUT2D eigenvalue weighted by Crippen LogP contribution is -2.21. The maximum Gasteiger partial charge on any atom is 0.375 e. The van der Waals surface area contributed by atoms with Crippen LogP contribution in [0.4, 0.5) is 5.69 Å². The van der Waals surface area contributed by atoms with Gasteiger partial charge in [-0.25, -0.2) is 13.2 Å². The molecule has 33 heavy (non-hydrogen) atoms. The van der Waals surface area contributed by atoms with Crippen molar-refractivity contribution in [3.8, 4) is 11.5 Å². The van der Waals surface area contributed by atoms with Crippen molar-refractivity contribution in [2.75, 3.05) is 25.1 Å². The number of fused-ring (bicyclic) bond motifs is 1. The van der Waals surface area contributed by atoms with Gasteiger partial charge in [-0.05, 0) is 30.3 Å². The SMILES string of the molecule is O=C(COC(=O)c1occc1CS(=O)(=O)c1ccccc1)Nc1ccc2c(c1)OCCCO2. The number of esters is 1. The first-order valence-electron chi connectivity index (χ1n) is 10.1. The van der Waals surface area contributed by atoms with Crippen LogP contribution in [0, 0.1) is 0 Å². The number of hydrogen-bond donors (Lipinski definition) is 1. The molecule has 0 fully saturated rings. The van der Waals surface area contributed by atoms with Crippen LogP contribution in [0.2, 0.25) is 0 Å². The van der Waals surface area contributed by atoms with Gasteiger partial charge in [0.05, 0.1) is 30.1 Å². The van der Waals surface area contributed by atoms with Crippen molar-refractivity contribution < 1.29 is 36.6 Å². The number of ether oxygens (including phenoxy) is 3. The molecule has 9 nitrogen and oxygen atoms in total. The molecular formula is C23H21NO8S. The highest BCUT2D eigenvalue weighted by molar-refractivity contribution is 7.90. The normalized spacial score (nSPS) is 13.1. The molecule has 1 aromatic heterocycles. The molecule has 0 atom stereocenters. The van der Waals surface area contributed by atoms with E-state index in [1.165, 1.54) is 24.5 Å². The summed E-state index contributed by atoms with van der Waals surface area (Å²) < 4.78 is 46.5. The Morgan fingerprint density at radius 2 is 1.73 bits per heavy atom. The number of rotatable bonds is 7. The molecule has 10 heteroatoms. The Morgan fingerprint density at radius 3 is 2.52 bits per heavy atom. The number of furan rings is 1. The minimum absolute atomic E-state index is 0.125. The van der Waals surface area contributed by atoms with Crippen LogP contribution in [0.25, 0.3) is 0 Å². The number of amides is 1. The molecule has 3 aromatic rings. The monoisotopic (exact) mass is 471 g/mol. The van der Waals surface area contributed by atoms with Crippen molar-refractivity contribution in [2.24, 2.45) is 0 Å². The Morgan fingerprint density at radius 1 is 0.970 bits per heavy atom. The predicted octanol–water partition coefficient (Wildman–Crippen LogP) is 3.21. The van der Waals surface area contributed by atoms with Crippen molar-refractivity contribution in [3.63, 3.8) is 0 Å². The molecule has 2 aromatic carbocycles. The van der Waals surface area contributed by atoms with Crippen LogP contribution in [0.5, 0.6) is 11.5 Å². The summed E-state index contributed by atoms with van der Waals surface area (Å²) in [5, 5.41) is 2.61. The maximum absolute atomic E-state index is 12.6. The average molecular weight is 471 g/mol. The smallest absolute Gasteiger partial charge is 0.375 e. The largest absolute Gasteiger partial charge is 0.490 e. The second-order valence-corrected chi connectivity index (χ2v) is 9.17. The number of anilines is 1. The van der Waals surface area contributed by atoms with E-state index in [0.29, 0.717) is 30.4 Å². The second kappa shape index (κ2) is 9.78. The lowest BCUT2D eigenvalue weighted by atomic mass is 10.2. The Bertz CT molecular complexity index is 1250. The van der Waals surface area contributed by atoms with Gasteiger partial charge in [0.15, 0.2) is 27.9 Å². The lowest BCUT2D eigenvalue weighted by molar-refractivity contribution is -0.119. The van der Waals surface area contributed by atoms with Gasteiger partial charge in [-0.1, -0.05) is 18.2 Å². The number of carbonyl (C=O) groups is 2. The number of carbonyl (C=O) groups excluding carboxylic acids is 2. The number of benzene rings is 2.